The second kappa shape index (κ2) is 21.7. The molecule has 11 nitrogen and oxygen atoms in total. The molecule has 46 heavy (non-hydrogen) atoms. The maximum absolute atomic E-state index is 12.3. The lowest BCUT2D eigenvalue weighted by Crippen LogP contribution is -2.32. The van der Waals surface area contributed by atoms with Gasteiger partial charge in [-0.3, -0.25) is 14.4 Å². The van der Waals surface area contributed by atoms with Crippen molar-refractivity contribution >= 4 is 41.3 Å². The Labute approximate surface area is 282 Å². The summed E-state index contributed by atoms with van der Waals surface area (Å²) in [7, 11) is 11.3. The highest BCUT2D eigenvalue weighted by atomic mass is 35.5. The molecule has 0 aromatic heterocycles. The molecule has 0 saturated heterocycles. The number of rotatable bonds is 22. The molecule has 2 aromatic rings. The fourth-order valence-electron chi connectivity index (χ4n) is 3.64. The summed E-state index contributed by atoms with van der Waals surface area (Å²) in [6, 6.07) is 15.1. The maximum atomic E-state index is 12.3. The largest absolute Gasteiger partial charge is 0.490 e. The summed E-state index contributed by atoms with van der Waals surface area (Å²) in [5.41, 5.74) is 0. The van der Waals surface area contributed by atoms with Crippen molar-refractivity contribution < 1.29 is 38.1 Å². The van der Waals surface area contributed by atoms with Gasteiger partial charge in [0.05, 0.1) is 25.1 Å². The number of ether oxygens (including phenoxy) is 5. The summed E-state index contributed by atoms with van der Waals surface area (Å²) in [5.74, 6) is 0.342. The minimum atomic E-state index is -0.734. The van der Waals surface area contributed by atoms with Gasteiger partial charge in [-0.25, -0.2) is 0 Å². The number of carbonyl (C=O) groups is 3. The molecule has 0 bridgehead atoms. The van der Waals surface area contributed by atoms with E-state index >= 15 is 0 Å². The van der Waals surface area contributed by atoms with Gasteiger partial charge in [-0.05, 0) is 90.8 Å². The highest BCUT2D eigenvalue weighted by molar-refractivity contribution is 7.99. The van der Waals surface area contributed by atoms with Gasteiger partial charge in [0.25, 0.3) is 0 Å². The van der Waals surface area contributed by atoms with Gasteiger partial charge in [0.1, 0.15) is 37.4 Å². The van der Waals surface area contributed by atoms with Crippen LogP contribution in [0.3, 0.4) is 0 Å². The molecule has 0 fully saturated rings. The van der Waals surface area contributed by atoms with Gasteiger partial charge in [-0.15, -0.1) is 11.6 Å². The zero-order valence-electron chi connectivity index (χ0n) is 27.7. The lowest BCUT2D eigenvalue weighted by Gasteiger charge is -2.19. The Morgan fingerprint density at radius 1 is 0.609 bits per heavy atom. The van der Waals surface area contributed by atoms with E-state index in [0.717, 1.165) is 9.79 Å². The Balaban J connectivity index is 1.86. The first-order valence-corrected chi connectivity index (χ1v) is 16.5. The number of hydrogen-bond acceptors (Lipinski definition) is 12. The van der Waals surface area contributed by atoms with E-state index in [-0.39, 0.29) is 56.5 Å². The third-order valence-corrected chi connectivity index (χ3v) is 7.60. The van der Waals surface area contributed by atoms with E-state index < -0.39 is 12.2 Å². The third kappa shape index (κ3) is 17.6. The van der Waals surface area contributed by atoms with Crippen molar-refractivity contribution in [1.29, 1.82) is 0 Å². The standard InChI is InChI=1S/C33H48ClN3O8S/c1-35(2)18-15-31(38)43-24-28(45-33(40)17-20-37(5)6)23-42-26-9-13-30(14-10-26)46-29-11-7-25(8-12-29)41-22-27(21-34)44-32(39)16-19-36(3)4/h7-14,27-28H,15-24H2,1-6H3. The molecule has 2 rings (SSSR count). The molecule has 0 aliphatic carbocycles. The first kappa shape index (κ1) is 39.1. The van der Waals surface area contributed by atoms with Crippen molar-refractivity contribution in [3.05, 3.63) is 48.5 Å². The molecule has 2 unspecified atom stereocenters. The fraction of sp³-hybridized carbons (Fsp3) is 0.545. The number of alkyl halides is 1. The topological polar surface area (TPSA) is 107 Å². The van der Waals surface area contributed by atoms with Crippen LogP contribution in [0.5, 0.6) is 11.5 Å². The average Bonchev–Trinajstić information content (AvgIpc) is 3.02. The van der Waals surface area contributed by atoms with Crippen molar-refractivity contribution in [3.8, 4) is 11.5 Å². The van der Waals surface area contributed by atoms with E-state index in [0.29, 0.717) is 37.6 Å². The lowest BCUT2D eigenvalue weighted by atomic mass is 10.3. The Morgan fingerprint density at radius 3 is 1.41 bits per heavy atom. The first-order valence-electron chi connectivity index (χ1n) is 15.1. The zero-order chi connectivity index (χ0) is 33.9. The Hall–Kier alpha value is -3.03. The highest BCUT2D eigenvalue weighted by Crippen LogP contribution is 2.30. The summed E-state index contributed by atoms with van der Waals surface area (Å²) in [6.07, 6.45) is -0.506. The van der Waals surface area contributed by atoms with Crippen LogP contribution >= 0.6 is 23.4 Å². The van der Waals surface area contributed by atoms with Crippen molar-refractivity contribution in [3.63, 3.8) is 0 Å². The molecular weight excluding hydrogens is 634 g/mol. The first-order chi connectivity index (χ1) is 21.9. The van der Waals surface area contributed by atoms with Crippen LogP contribution in [0.2, 0.25) is 0 Å². The van der Waals surface area contributed by atoms with E-state index in [1.54, 1.807) is 11.8 Å². The van der Waals surface area contributed by atoms with Gasteiger partial charge in [0.2, 0.25) is 0 Å². The molecule has 2 atom stereocenters. The molecule has 0 amide bonds. The average molecular weight is 682 g/mol. The van der Waals surface area contributed by atoms with Crippen LogP contribution in [0.1, 0.15) is 19.3 Å². The second-order valence-corrected chi connectivity index (χ2v) is 12.8. The minimum absolute atomic E-state index is 0.0441. The van der Waals surface area contributed by atoms with Crippen LogP contribution in [0, 0.1) is 0 Å². The van der Waals surface area contributed by atoms with Gasteiger partial charge >= 0.3 is 17.9 Å². The smallest absolute Gasteiger partial charge is 0.307 e. The van der Waals surface area contributed by atoms with Gasteiger partial charge in [-0.1, -0.05) is 11.8 Å². The summed E-state index contributed by atoms with van der Waals surface area (Å²) < 4.78 is 28.0. The van der Waals surface area contributed by atoms with Crippen molar-refractivity contribution in [1.82, 2.24) is 14.7 Å². The van der Waals surface area contributed by atoms with Crippen LogP contribution < -0.4 is 9.47 Å². The normalized spacial score (nSPS) is 12.6. The highest BCUT2D eigenvalue weighted by Gasteiger charge is 2.19. The van der Waals surface area contributed by atoms with Crippen molar-refractivity contribution in [2.24, 2.45) is 0 Å². The molecule has 256 valence electrons. The molecule has 2 aromatic carbocycles. The monoisotopic (exact) mass is 681 g/mol. The number of carbonyl (C=O) groups excluding carboxylic acids is 3. The van der Waals surface area contributed by atoms with Gasteiger partial charge < -0.3 is 38.4 Å². The van der Waals surface area contributed by atoms with Crippen LogP contribution in [0.15, 0.2) is 58.3 Å². The van der Waals surface area contributed by atoms with E-state index in [1.165, 1.54) is 0 Å². The van der Waals surface area contributed by atoms with Gasteiger partial charge in [0.15, 0.2) is 6.10 Å². The van der Waals surface area contributed by atoms with Crippen LogP contribution in [0.4, 0.5) is 0 Å². The van der Waals surface area contributed by atoms with Crippen molar-refractivity contribution in [2.75, 3.05) is 87.6 Å². The number of nitrogens with zero attached hydrogens (tertiary/aromatic N) is 3. The fourth-order valence-corrected chi connectivity index (χ4v) is 4.61. The number of hydrogen-bond donors (Lipinski definition) is 0. The number of halogens is 1. The molecule has 13 heteroatoms. The summed E-state index contributed by atoms with van der Waals surface area (Å²) in [5, 5.41) is 0. The third-order valence-electron chi connectivity index (χ3n) is 6.24. The van der Waals surface area contributed by atoms with Gasteiger partial charge in [-0.2, -0.15) is 0 Å². The molecular formula is C33H48ClN3O8S. The number of benzene rings is 2. The minimum Gasteiger partial charge on any atom is -0.490 e. The van der Waals surface area contributed by atoms with Crippen LogP contribution in [-0.2, 0) is 28.6 Å². The summed E-state index contributed by atoms with van der Waals surface area (Å²) in [4.78, 5) is 44.1. The molecule has 0 aliphatic heterocycles. The Morgan fingerprint density at radius 2 is 1.00 bits per heavy atom. The SMILES string of the molecule is CN(C)CCC(=O)OCC(COc1ccc(Sc2ccc(OCC(CCl)OC(=O)CCN(C)C)cc2)cc1)OC(=O)CCN(C)C. The second-order valence-electron chi connectivity index (χ2n) is 11.4. The molecule has 0 radical (unpaired) electrons. The van der Waals surface area contributed by atoms with Crippen LogP contribution in [0.25, 0.3) is 0 Å². The molecule has 0 spiro atoms. The molecule has 0 saturated carbocycles. The molecule has 0 N–H and O–H groups in total. The Kier molecular flexibility index (Phi) is 18.5. The predicted octanol–water partition coefficient (Wildman–Crippen LogP) is 4.06. The molecule has 0 aliphatic rings. The Bertz CT molecular complexity index is 1180. The number of esters is 3. The van der Waals surface area contributed by atoms with E-state index in [1.807, 2.05) is 106 Å². The van der Waals surface area contributed by atoms with E-state index in [2.05, 4.69) is 0 Å². The quantitative estimate of drug-likeness (QED) is 0.102. The van der Waals surface area contributed by atoms with Crippen molar-refractivity contribution in [2.45, 2.75) is 41.3 Å². The van der Waals surface area contributed by atoms with Crippen LogP contribution in [-0.4, -0.2) is 132 Å². The summed E-state index contributed by atoms with van der Waals surface area (Å²) >= 11 is 7.54. The van der Waals surface area contributed by atoms with E-state index in [4.69, 9.17) is 35.3 Å². The zero-order valence-corrected chi connectivity index (χ0v) is 29.3. The lowest BCUT2D eigenvalue weighted by molar-refractivity contribution is -0.161. The van der Waals surface area contributed by atoms with E-state index in [9.17, 15) is 14.4 Å². The summed E-state index contributed by atoms with van der Waals surface area (Å²) in [6.45, 7) is 1.85. The maximum Gasteiger partial charge on any atom is 0.307 e. The predicted molar refractivity (Wildman–Crippen MR) is 179 cm³/mol. The molecule has 0 heterocycles. The van der Waals surface area contributed by atoms with Gasteiger partial charge in [0, 0.05) is 29.4 Å².